The maximum atomic E-state index is 13.0. The monoisotopic (exact) mass is 439 g/mol. The molecule has 0 spiro atoms. The Kier molecular flexibility index (Phi) is 3.54. The number of ether oxygens (including phenoxy) is 2. The summed E-state index contributed by atoms with van der Waals surface area (Å²) in [6.07, 6.45) is 3.09. The number of anilines is 1. The molecular weight excluding hydrogens is 425 g/mol. The number of halogens is 1. The van der Waals surface area contributed by atoms with Gasteiger partial charge in [0.2, 0.25) is 11.8 Å². The molecule has 1 aromatic carbocycles. The lowest BCUT2D eigenvalue weighted by atomic mass is 9.77. The highest BCUT2D eigenvalue weighted by molar-refractivity contribution is 14.1. The summed E-state index contributed by atoms with van der Waals surface area (Å²) in [6, 6.07) is 7.25. The average Bonchev–Trinajstić information content (AvgIpc) is 3.16. The van der Waals surface area contributed by atoms with Crippen LogP contribution >= 0.6 is 22.6 Å². The van der Waals surface area contributed by atoms with E-state index < -0.39 is 29.5 Å². The fourth-order valence-corrected chi connectivity index (χ4v) is 4.28. The summed E-state index contributed by atoms with van der Waals surface area (Å²) in [6.45, 7) is 1.24. The maximum absolute atomic E-state index is 13.0. The number of rotatable bonds is 3. The quantitative estimate of drug-likeness (QED) is 0.310. The van der Waals surface area contributed by atoms with Crippen LogP contribution in [-0.4, -0.2) is 36.1 Å². The first-order chi connectivity index (χ1) is 11.4. The van der Waals surface area contributed by atoms with E-state index in [1.165, 1.54) is 11.8 Å². The Labute approximate surface area is 151 Å². The maximum Gasteiger partial charge on any atom is 0.302 e. The van der Waals surface area contributed by atoms with E-state index in [9.17, 15) is 14.4 Å². The molecule has 2 saturated heterocycles. The predicted molar refractivity (Wildman–Crippen MR) is 92.0 cm³/mol. The lowest BCUT2D eigenvalue weighted by Crippen LogP contribution is -2.44. The number of hydrogen-bond donors (Lipinski definition) is 0. The first-order valence-corrected chi connectivity index (χ1v) is 8.65. The molecular formula is C17H14INO5. The van der Waals surface area contributed by atoms with Gasteiger partial charge in [0.15, 0.2) is 0 Å². The summed E-state index contributed by atoms with van der Waals surface area (Å²) >= 11 is 2.14. The Morgan fingerprint density at radius 1 is 1.38 bits per heavy atom. The van der Waals surface area contributed by atoms with Gasteiger partial charge in [-0.25, -0.2) is 4.90 Å². The van der Waals surface area contributed by atoms with Crippen molar-refractivity contribution in [2.75, 3.05) is 11.5 Å². The van der Waals surface area contributed by atoms with Gasteiger partial charge in [-0.2, -0.15) is 0 Å². The Morgan fingerprint density at radius 2 is 2.17 bits per heavy atom. The molecule has 7 heteroatoms. The Morgan fingerprint density at radius 3 is 2.88 bits per heavy atom. The third-order valence-corrected chi connectivity index (χ3v) is 5.39. The lowest BCUT2D eigenvalue weighted by Gasteiger charge is -2.28. The fourth-order valence-electron chi connectivity index (χ4n) is 3.75. The molecule has 3 aliphatic rings. The zero-order valence-electron chi connectivity index (χ0n) is 12.8. The third-order valence-electron chi connectivity index (χ3n) is 4.72. The Hall–Kier alpha value is -1.74. The van der Waals surface area contributed by atoms with Crippen LogP contribution in [0.25, 0.3) is 0 Å². The zero-order valence-corrected chi connectivity index (χ0v) is 14.9. The van der Waals surface area contributed by atoms with Crippen LogP contribution in [0.15, 0.2) is 36.4 Å². The number of imide groups is 1. The summed E-state index contributed by atoms with van der Waals surface area (Å²) in [5, 5.41) is 0. The van der Waals surface area contributed by atoms with Crippen LogP contribution in [0.3, 0.4) is 0 Å². The molecule has 3 heterocycles. The molecule has 0 unspecified atom stereocenters. The SMILES string of the molecule is CC(=O)OC[C@@]12C=C[C@@H](O1)[C@H]1C(=O)N(c3cccc(I)c3)C(=O)[C@@H]12. The zero-order chi connectivity index (χ0) is 17.1. The molecule has 0 aliphatic carbocycles. The predicted octanol–water partition coefficient (Wildman–Crippen LogP) is 1.67. The minimum Gasteiger partial charge on any atom is -0.462 e. The molecule has 4 atom stereocenters. The van der Waals surface area contributed by atoms with Crippen LogP contribution in [0.4, 0.5) is 5.69 Å². The van der Waals surface area contributed by atoms with Crippen LogP contribution in [0.1, 0.15) is 6.92 Å². The standard InChI is InChI=1S/C17H14INO5/c1-9(20)23-8-17-6-5-12(24-17)13-14(17)16(22)19(15(13)21)11-4-2-3-10(18)7-11/h2-7,12-14H,8H2,1H3/t12-,13-,14-,17-/m1/s1. The van der Waals surface area contributed by atoms with Crippen molar-refractivity contribution in [2.24, 2.45) is 11.8 Å². The number of carbonyl (C=O) groups is 3. The Balaban J connectivity index is 1.70. The number of amides is 2. The summed E-state index contributed by atoms with van der Waals surface area (Å²) in [5.74, 6) is -2.22. The third kappa shape index (κ3) is 2.14. The summed E-state index contributed by atoms with van der Waals surface area (Å²) < 4.78 is 11.9. The van der Waals surface area contributed by atoms with Gasteiger partial charge in [-0.3, -0.25) is 14.4 Å². The van der Waals surface area contributed by atoms with Crippen molar-refractivity contribution < 1.29 is 23.9 Å². The van der Waals surface area contributed by atoms with E-state index in [4.69, 9.17) is 9.47 Å². The van der Waals surface area contributed by atoms with Crippen LogP contribution in [0, 0.1) is 15.4 Å². The topological polar surface area (TPSA) is 72.9 Å². The molecule has 2 fully saturated rings. The molecule has 0 saturated carbocycles. The van der Waals surface area contributed by atoms with E-state index in [2.05, 4.69) is 22.6 Å². The highest BCUT2D eigenvalue weighted by Crippen LogP contribution is 2.52. The summed E-state index contributed by atoms with van der Waals surface area (Å²) in [5.41, 5.74) is -0.474. The van der Waals surface area contributed by atoms with Crippen molar-refractivity contribution >= 4 is 46.1 Å². The smallest absolute Gasteiger partial charge is 0.302 e. The van der Waals surface area contributed by atoms with Gasteiger partial charge in [0.1, 0.15) is 12.2 Å². The molecule has 0 N–H and O–H groups in total. The van der Waals surface area contributed by atoms with Crippen molar-refractivity contribution in [1.29, 1.82) is 0 Å². The molecule has 4 rings (SSSR count). The normalized spacial score (nSPS) is 33.2. The fraction of sp³-hybridized carbons (Fsp3) is 0.353. The van der Waals surface area contributed by atoms with Crippen LogP contribution < -0.4 is 4.90 Å². The van der Waals surface area contributed by atoms with Gasteiger partial charge >= 0.3 is 5.97 Å². The molecule has 1 aromatic rings. The van der Waals surface area contributed by atoms with Gasteiger partial charge < -0.3 is 9.47 Å². The Bertz CT molecular complexity index is 791. The average molecular weight is 439 g/mol. The van der Waals surface area contributed by atoms with E-state index in [1.54, 1.807) is 24.3 Å². The molecule has 0 aromatic heterocycles. The highest BCUT2D eigenvalue weighted by Gasteiger charge is 2.68. The van der Waals surface area contributed by atoms with Crippen LogP contribution in [0.5, 0.6) is 0 Å². The van der Waals surface area contributed by atoms with Crippen molar-refractivity contribution in [3.63, 3.8) is 0 Å². The van der Waals surface area contributed by atoms with E-state index in [0.29, 0.717) is 5.69 Å². The van der Waals surface area contributed by atoms with E-state index in [1.807, 2.05) is 12.1 Å². The van der Waals surface area contributed by atoms with Crippen LogP contribution in [-0.2, 0) is 23.9 Å². The number of fused-ring (bicyclic) bond motifs is 5. The van der Waals surface area contributed by atoms with Crippen LogP contribution in [0.2, 0.25) is 0 Å². The lowest BCUT2D eigenvalue weighted by molar-refractivity contribution is -0.150. The second kappa shape index (κ2) is 5.38. The molecule has 2 amide bonds. The van der Waals surface area contributed by atoms with E-state index in [-0.39, 0.29) is 18.4 Å². The summed E-state index contributed by atoms with van der Waals surface area (Å²) in [4.78, 5) is 38.3. The number of hydrogen-bond acceptors (Lipinski definition) is 5. The number of benzene rings is 1. The second-order valence-electron chi connectivity index (χ2n) is 6.17. The first kappa shape index (κ1) is 15.8. The highest BCUT2D eigenvalue weighted by atomic mass is 127. The molecule has 3 aliphatic heterocycles. The largest absolute Gasteiger partial charge is 0.462 e. The van der Waals surface area contributed by atoms with E-state index in [0.717, 1.165) is 3.57 Å². The van der Waals surface area contributed by atoms with Crippen molar-refractivity contribution in [3.8, 4) is 0 Å². The van der Waals surface area contributed by atoms with Crippen molar-refractivity contribution in [1.82, 2.24) is 0 Å². The molecule has 6 nitrogen and oxygen atoms in total. The number of carbonyl (C=O) groups excluding carboxylic acids is 3. The van der Waals surface area contributed by atoms with Gasteiger partial charge in [0, 0.05) is 10.5 Å². The van der Waals surface area contributed by atoms with Gasteiger partial charge in [-0.05, 0) is 46.9 Å². The second-order valence-corrected chi connectivity index (χ2v) is 7.42. The molecule has 2 bridgehead atoms. The van der Waals surface area contributed by atoms with E-state index >= 15 is 0 Å². The minimum absolute atomic E-state index is 0.0598. The van der Waals surface area contributed by atoms with Gasteiger partial charge in [-0.15, -0.1) is 0 Å². The number of nitrogens with zero attached hydrogens (tertiary/aromatic N) is 1. The molecule has 24 heavy (non-hydrogen) atoms. The van der Waals surface area contributed by atoms with Crippen molar-refractivity contribution in [2.45, 2.75) is 18.6 Å². The molecule has 0 radical (unpaired) electrons. The van der Waals surface area contributed by atoms with Gasteiger partial charge in [0.05, 0.1) is 23.6 Å². The first-order valence-electron chi connectivity index (χ1n) is 7.57. The summed E-state index contributed by atoms with van der Waals surface area (Å²) in [7, 11) is 0. The van der Waals surface area contributed by atoms with Gasteiger partial charge in [-0.1, -0.05) is 12.1 Å². The number of esters is 1. The van der Waals surface area contributed by atoms with Crippen molar-refractivity contribution in [3.05, 3.63) is 40.0 Å². The van der Waals surface area contributed by atoms with Gasteiger partial charge in [0.25, 0.3) is 0 Å². The minimum atomic E-state index is -1.04. The molecule has 124 valence electrons.